The molecule has 1 heterocycles. The third kappa shape index (κ3) is 5.94. The SMILES string of the molecule is CC1CCCN(S(=O)(=O)c2ccc(S(=O)(=O)N(CC(=O)Nc3ccccc3)C3CCCC3)cc2)C1. The monoisotopic (exact) mass is 519 g/mol. The zero-order valence-corrected chi connectivity index (χ0v) is 21.6. The van der Waals surface area contributed by atoms with Crippen molar-refractivity contribution in [2.75, 3.05) is 25.0 Å². The van der Waals surface area contributed by atoms with Crippen LogP contribution in [0.3, 0.4) is 0 Å². The van der Waals surface area contributed by atoms with Crippen molar-refractivity contribution in [3.63, 3.8) is 0 Å². The van der Waals surface area contributed by atoms with Gasteiger partial charge in [-0.2, -0.15) is 8.61 Å². The van der Waals surface area contributed by atoms with E-state index in [0.717, 1.165) is 25.7 Å². The van der Waals surface area contributed by atoms with E-state index in [0.29, 0.717) is 37.5 Å². The van der Waals surface area contributed by atoms with Crippen LogP contribution in [0.2, 0.25) is 0 Å². The molecule has 1 atom stereocenters. The predicted molar refractivity (Wildman–Crippen MR) is 135 cm³/mol. The molecule has 1 aliphatic carbocycles. The van der Waals surface area contributed by atoms with Gasteiger partial charge in [0.15, 0.2) is 0 Å². The van der Waals surface area contributed by atoms with Crippen LogP contribution in [-0.2, 0) is 24.8 Å². The van der Waals surface area contributed by atoms with Crippen molar-refractivity contribution >= 4 is 31.6 Å². The molecule has 0 bridgehead atoms. The third-order valence-corrected chi connectivity index (χ3v) is 10.6. The summed E-state index contributed by atoms with van der Waals surface area (Å²) in [6, 6.07) is 14.0. The summed E-state index contributed by atoms with van der Waals surface area (Å²) in [6.45, 7) is 2.67. The molecule has 0 aromatic heterocycles. The summed E-state index contributed by atoms with van der Waals surface area (Å²) >= 11 is 0. The quantitative estimate of drug-likeness (QED) is 0.573. The molecule has 0 radical (unpaired) electrons. The van der Waals surface area contributed by atoms with Gasteiger partial charge in [0.25, 0.3) is 0 Å². The molecular formula is C25H33N3O5S2. The van der Waals surface area contributed by atoms with Crippen molar-refractivity contribution in [1.82, 2.24) is 8.61 Å². The van der Waals surface area contributed by atoms with E-state index in [9.17, 15) is 21.6 Å². The summed E-state index contributed by atoms with van der Waals surface area (Å²) in [6.07, 6.45) is 5.01. The summed E-state index contributed by atoms with van der Waals surface area (Å²) < 4.78 is 56.1. The van der Waals surface area contributed by atoms with E-state index in [2.05, 4.69) is 5.32 Å². The van der Waals surface area contributed by atoms with Gasteiger partial charge in [-0.05, 0) is 68.0 Å². The zero-order valence-electron chi connectivity index (χ0n) is 20.0. The van der Waals surface area contributed by atoms with Gasteiger partial charge in [0.2, 0.25) is 26.0 Å². The highest BCUT2D eigenvalue weighted by molar-refractivity contribution is 7.89. The van der Waals surface area contributed by atoms with Crippen LogP contribution in [0.15, 0.2) is 64.4 Å². The minimum atomic E-state index is -4.00. The number of hydrogen-bond acceptors (Lipinski definition) is 5. The first-order valence-electron chi connectivity index (χ1n) is 12.1. The van der Waals surface area contributed by atoms with Crippen LogP contribution < -0.4 is 5.32 Å². The van der Waals surface area contributed by atoms with Crippen LogP contribution in [0.4, 0.5) is 5.69 Å². The maximum absolute atomic E-state index is 13.6. The van der Waals surface area contributed by atoms with Crippen molar-refractivity contribution in [2.24, 2.45) is 5.92 Å². The molecule has 190 valence electrons. The normalized spacial score (nSPS) is 20.2. The summed E-state index contributed by atoms with van der Waals surface area (Å²) in [5.41, 5.74) is 0.600. The molecule has 10 heteroatoms. The lowest BCUT2D eigenvalue weighted by atomic mass is 10.0. The molecule has 1 N–H and O–H groups in total. The van der Waals surface area contributed by atoms with Crippen molar-refractivity contribution in [3.8, 4) is 0 Å². The topological polar surface area (TPSA) is 104 Å². The van der Waals surface area contributed by atoms with Crippen LogP contribution in [-0.4, -0.2) is 57.0 Å². The van der Waals surface area contributed by atoms with E-state index in [1.165, 1.54) is 32.9 Å². The summed E-state index contributed by atoms with van der Waals surface area (Å²) in [7, 11) is -7.69. The van der Waals surface area contributed by atoms with Gasteiger partial charge in [-0.1, -0.05) is 38.0 Å². The second-order valence-electron chi connectivity index (χ2n) is 9.48. The number of rotatable bonds is 8. The molecule has 35 heavy (non-hydrogen) atoms. The van der Waals surface area contributed by atoms with Crippen LogP contribution in [0.5, 0.6) is 0 Å². The van der Waals surface area contributed by atoms with Crippen LogP contribution in [0.25, 0.3) is 0 Å². The van der Waals surface area contributed by atoms with Gasteiger partial charge in [-0.25, -0.2) is 16.8 Å². The van der Waals surface area contributed by atoms with Gasteiger partial charge in [-0.3, -0.25) is 4.79 Å². The Kier molecular flexibility index (Phi) is 7.95. The molecule has 2 aromatic carbocycles. The van der Waals surface area contributed by atoms with Gasteiger partial charge >= 0.3 is 0 Å². The number of amides is 1. The fraction of sp³-hybridized carbons (Fsp3) is 0.480. The summed E-state index contributed by atoms with van der Waals surface area (Å²) in [5, 5.41) is 2.76. The number of nitrogens with zero attached hydrogens (tertiary/aromatic N) is 2. The number of anilines is 1. The van der Waals surface area contributed by atoms with Gasteiger partial charge in [0.1, 0.15) is 0 Å². The van der Waals surface area contributed by atoms with Gasteiger partial charge < -0.3 is 5.32 Å². The first-order valence-corrected chi connectivity index (χ1v) is 15.0. The van der Waals surface area contributed by atoms with E-state index in [4.69, 9.17) is 0 Å². The molecule has 0 spiro atoms. The number of para-hydroxylation sites is 1. The predicted octanol–water partition coefficient (Wildman–Crippen LogP) is 3.68. The number of hydrogen-bond donors (Lipinski definition) is 1. The minimum absolute atomic E-state index is 0.0112. The molecule has 2 aliphatic rings. The average Bonchev–Trinajstić information content (AvgIpc) is 3.38. The van der Waals surface area contributed by atoms with Gasteiger partial charge in [-0.15, -0.1) is 0 Å². The Hall–Kier alpha value is -2.27. The maximum atomic E-state index is 13.6. The first kappa shape index (κ1) is 25.8. The van der Waals surface area contributed by atoms with E-state index < -0.39 is 26.0 Å². The van der Waals surface area contributed by atoms with E-state index >= 15 is 0 Å². The number of benzene rings is 2. The maximum Gasteiger partial charge on any atom is 0.243 e. The molecule has 2 aromatic rings. The Balaban J connectivity index is 1.55. The Labute approximate surface area is 208 Å². The van der Waals surface area contributed by atoms with Crippen LogP contribution in [0, 0.1) is 5.92 Å². The lowest BCUT2D eigenvalue weighted by molar-refractivity contribution is -0.116. The number of nitrogens with one attached hydrogen (secondary N) is 1. The molecule has 1 saturated heterocycles. The van der Waals surface area contributed by atoms with Gasteiger partial charge in [0.05, 0.1) is 16.3 Å². The second kappa shape index (κ2) is 10.8. The number of carbonyl (C=O) groups is 1. The lowest BCUT2D eigenvalue weighted by Gasteiger charge is -2.30. The van der Waals surface area contributed by atoms with Crippen LogP contribution in [0.1, 0.15) is 45.4 Å². The minimum Gasteiger partial charge on any atom is -0.325 e. The largest absolute Gasteiger partial charge is 0.325 e. The fourth-order valence-corrected chi connectivity index (χ4v) is 8.14. The van der Waals surface area contributed by atoms with E-state index in [-0.39, 0.29) is 22.4 Å². The molecular weight excluding hydrogens is 486 g/mol. The van der Waals surface area contributed by atoms with Crippen molar-refractivity contribution in [2.45, 2.75) is 61.3 Å². The highest BCUT2D eigenvalue weighted by Gasteiger charge is 2.35. The summed E-state index contributed by atoms with van der Waals surface area (Å²) in [5.74, 6) is -0.120. The fourth-order valence-electron chi connectivity index (χ4n) is 4.90. The molecule has 1 amide bonds. The number of piperidine rings is 1. The first-order chi connectivity index (χ1) is 16.7. The van der Waals surface area contributed by atoms with Crippen molar-refractivity contribution in [3.05, 3.63) is 54.6 Å². The molecule has 8 nitrogen and oxygen atoms in total. The zero-order chi connectivity index (χ0) is 25.1. The Morgan fingerprint density at radius 1 is 0.914 bits per heavy atom. The van der Waals surface area contributed by atoms with E-state index in [1.54, 1.807) is 24.3 Å². The Morgan fingerprint density at radius 2 is 1.54 bits per heavy atom. The standard InChI is InChI=1S/C25H33N3O5S2/c1-20-8-7-17-27(18-20)34(30,31)23-13-15-24(16-14-23)35(32,33)28(22-11-5-6-12-22)19-25(29)26-21-9-3-2-4-10-21/h2-4,9-10,13-16,20,22H,5-8,11-12,17-19H2,1H3,(H,26,29). The van der Waals surface area contributed by atoms with Crippen molar-refractivity contribution < 1.29 is 21.6 Å². The van der Waals surface area contributed by atoms with E-state index in [1.807, 2.05) is 13.0 Å². The van der Waals surface area contributed by atoms with Gasteiger partial charge in [0, 0.05) is 24.8 Å². The molecule has 2 fully saturated rings. The molecule has 1 unspecified atom stereocenters. The second-order valence-corrected chi connectivity index (χ2v) is 13.3. The summed E-state index contributed by atoms with van der Waals surface area (Å²) in [4.78, 5) is 12.8. The highest BCUT2D eigenvalue weighted by atomic mass is 32.2. The average molecular weight is 520 g/mol. The third-order valence-electron chi connectivity index (χ3n) is 6.78. The molecule has 4 rings (SSSR count). The number of carbonyl (C=O) groups excluding carboxylic acids is 1. The molecule has 1 saturated carbocycles. The van der Waals surface area contributed by atoms with Crippen LogP contribution >= 0.6 is 0 Å². The number of sulfonamides is 2. The smallest absolute Gasteiger partial charge is 0.243 e. The van der Waals surface area contributed by atoms with Crippen molar-refractivity contribution in [1.29, 1.82) is 0 Å². The Morgan fingerprint density at radius 3 is 2.17 bits per heavy atom. The molecule has 1 aliphatic heterocycles. The lowest BCUT2D eigenvalue weighted by Crippen LogP contribution is -2.43. The Bertz CT molecular complexity index is 1230. The highest BCUT2D eigenvalue weighted by Crippen LogP contribution is 2.30.